The number of fused-ring (bicyclic) bond motifs is 2. The minimum Gasteiger partial charge on any atom is -0.454 e. The van der Waals surface area contributed by atoms with E-state index in [-0.39, 0.29) is 18.3 Å². The molecule has 3 aromatic carbocycles. The molecule has 1 N–H and O–H groups in total. The number of benzene rings is 3. The SMILES string of the molecule is Cc1ccc(-n2c(SC(C)C(=O)NCc3ccc4c(c3)OCO4)nc3ccccc3c2=O)c(C)c1. The molecule has 7 nitrogen and oxygen atoms in total. The van der Waals surface area contributed by atoms with Gasteiger partial charge < -0.3 is 14.8 Å². The van der Waals surface area contributed by atoms with Gasteiger partial charge in [0.1, 0.15) is 0 Å². The van der Waals surface area contributed by atoms with Crippen LogP contribution in [-0.4, -0.2) is 27.5 Å². The van der Waals surface area contributed by atoms with Gasteiger partial charge in [0.2, 0.25) is 12.7 Å². The number of amides is 1. The van der Waals surface area contributed by atoms with Gasteiger partial charge in [-0.05, 0) is 62.2 Å². The lowest BCUT2D eigenvalue weighted by Gasteiger charge is -2.18. The molecule has 0 radical (unpaired) electrons. The van der Waals surface area contributed by atoms with E-state index >= 15 is 0 Å². The van der Waals surface area contributed by atoms with E-state index in [9.17, 15) is 9.59 Å². The lowest BCUT2D eigenvalue weighted by molar-refractivity contribution is -0.120. The van der Waals surface area contributed by atoms with Crippen molar-refractivity contribution in [3.05, 3.63) is 87.7 Å². The Labute approximate surface area is 207 Å². The Morgan fingerprint density at radius 3 is 2.71 bits per heavy atom. The maximum atomic E-state index is 13.5. The van der Waals surface area contributed by atoms with Crippen molar-refractivity contribution in [2.24, 2.45) is 0 Å². The van der Waals surface area contributed by atoms with Crippen molar-refractivity contribution < 1.29 is 14.3 Å². The van der Waals surface area contributed by atoms with Crippen LogP contribution in [0.3, 0.4) is 0 Å². The van der Waals surface area contributed by atoms with Gasteiger partial charge in [0.05, 0.1) is 21.8 Å². The van der Waals surface area contributed by atoms with Crippen LogP contribution >= 0.6 is 11.8 Å². The molecule has 0 saturated carbocycles. The predicted molar refractivity (Wildman–Crippen MR) is 137 cm³/mol. The summed E-state index contributed by atoms with van der Waals surface area (Å²) < 4.78 is 12.4. The van der Waals surface area contributed by atoms with Gasteiger partial charge in [-0.25, -0.2) is 4.98 Å². The van der Waals surface area contributed by atoms with E-state index in [2.05, 4.69) is 5.32 Å². The lowest BCUT2D eigenvalue weighted by atomic mass is 10.1. The molecule has 0 aliphatic carbocycles. The van der Waals surface area contributed by atoms with E-state index in [1.54, 1.807) is 10.6 Å². The molecular weight excluding hydrogens is 462 g/mol. The third-order valence-electron chi connectivity index (χ3n) is 5.89. The van der Waals surface area contributed by atoms with Crippen LogP contribution < -0.4 is 20.3 Å². The second-order valence-electron chi connectivity index (χ2n) is 8.51. The summed E-state index contributed by atoms with van der Waals surface area (Å²) in [7, 11) is 0. The van der Waals surface area contributed by atoms with E-state index in [4.69, 9.17) is 14.5 Å². The lowest BCUT2D eigenvalue weighted by Crippen LogP contribution is -2.31. The molecule has 35 heavy (non-hydrogen) atoms. The molecule has 0 saturated heterocycles. The molecule has 2 heterocycles. The topological polar surface area (TPSA) is 82.5 Å². The highest BCUT2D eigenvalue weighted by Crippen LogP contribution is 2.32. The second-order valence-corrected chi connectivity index (χ2v) is 9.82. The van der Waals surface area contributed by atoms with Crippen molar-refractivity contribution in [2.45, 2.75) is 37.7 Å². The maximum absolute atomic E-state index is 13.5. The summed E-state index contributed by atoms with van der Waals surface area (Å²) in [4.78, 5) is 31.3. The summed E-state index contributed by atoms with van der Waals surface area (Å²) in [5, 5.41) is 3.51. The van der Waals surface area contributed by atoms with E-state index < -0.39 is 5.25 Å². The highest BCUT2D eigenvalue weighted by molar-refractivity contribution is 8.00. The Bertz CT molecular complexity index is 1500. The summed E-state index contributed by atoms with van der Waals surface area (Å²) in [6, 6.07) is 18.8. The van der Waals surface area contributed by atoms with E-state index in [0.29, 0.717) is 34.1 Å². The molecule has 5 rings (SSSR count). The molecule has 1 atom stereocenters. The number of nitrogens with zero attached hydrogens (tertiary/aromatic N) is 2. The number of carbonyl (C=O) groups is 1. The minimum absolute atomic E-state index is 0.151. The number of hydrogen-bond donors (Lipinski definition) is 1. The van der Waals surface area contributed by atoms with Gasteiger partial charge in [0.15, 0.2) is 16.7 Å². The van der Waals surface area contributed by atoms with Crippen LogP contribution in [-0.2, 0) is 11.3 Å². The van der Waals surface area contributed by atoms with Crippen LogP contribution in [0.15, 0.2) is 70.6 Å². The monoisotopic (exact) mass is 487 g/mol. The first-order valence-electron chi connectivity index (χ1n) is 11.3. The predicted octanol–water partition coefficient (Wildman–Crippen LogP) is 4.53. The van der Waals surface area contributed by atoms with Gasteiger partial charge in [0.25, 0.3) is 5.56 Å². The van der Waals surface area contributed by atoms with Crippen molar-refractivity contribution in [3.63, 3.8) is 0 Å². The zero-order valence-electron chi connectivity index (χ0n) is 19.7. The Hall–Kier alpha value is -3.78. The zero-order chi connectivity index (χ0) is 24.5. The standard InChI is InChI=1S/C27H25N3O4S/c1-16-8-10-22(17(2)12-16)30-26(32)20-6-4-5-7-21(20)29-27(30)35-18(3)25(31)28-14-19-9-11-23-24(13-19)34-15-33-23/h4-13,18H,14-15H2,1-3H3,(H,28,31). The van der Waals surface area contributed by atoms with Gasteiger partial charge in [0, 0.05) is 6.54 Å². The van der Waals surface area contributed by atoms with Crippen LogP contribution in [0, 0.1) is 13.8 Å². The van der Waals surface area contributed by atoms with Gasteiger partial charge in [-0.3, -0.25) is 14.2 Å². The molecule has 1 amide bonds. The highest BCUT2D eigenvalue weighted by atomic mass is 32.2. The van der Waals surface area contributed by atoms with Crippen LogP contribution in [0.25, 0.3) is 16.6 Å². The number of thioether (sulfide) groups is 1. The Kier molecular flexibility index (Phi) is 6.21. The average molecular weight is 488 g/mol. The largest absolute Gasteiger partial charge is 0.454 e. The number of ether oxygens (including phenoxy) is 2. The van der Waals surface area contributed by atoms with Crippen molar-refractivity contribution in [2.75, 3.05) is 6.79 Å². The Morgan fingerprint density at radius 1 is 1.09 bits per heavy atom. The molecule has 1 unspecified atom stereocenters. The Morgan fingerprint density at radius 2 is 1.89 bits per heavy atom. The first kappa shape index (κ1) is 23.0. The molecular formula is C27H25N3O4S. The Balaban J connectivity index is 1.42. The van der Waals surface area contributed by atoms with E-state index in [1.807, 2.05) is 75.4 Å². The number of nitrogens with one attached hydrogen (secondary N) is 1. The van der Waals surface area contributed by atoms with Crippen LogP contribution in [0.1, 0.15) is 23.6 Å². The fraction of sp³-hybridized carbons (Fsp3) is 0.222. The van der Waals surface area contributed by atoms with Gasteiger partial charge in [-0.2, -0.15) is 0 Å². The van der Waals surface area contributed by atoms with E-state index in [1.165, 1.54) is 11.8 Å². The van der Waals surface area contributed by atoms with Crippen LogP contribution in [0.2, 0.25) is 0 Å². The molecule has 178 valence electrons. The number of para-hydroxylation sites is 1. The summed E-state index contributed by atoms with van der Waals surface area (Å²) in [5.41, 5.74) is 4.20. The molecule has 0 fully saturated rings. The average Bonchev–Trinajstić information content (AvgIpc) is 3.31. The molecule has 1 aliphatic heterocycles. The summed E-state index contributed by atoms with van der Waals surface area (Å²) in [6.07, 6.45) is 0. The smallest absolute Gasteiger partial charge is 0.266 e. The first-order valence-corrected chi connectivity index (χ1v) is 12.2. The molecule has 1 aromatic heterocycles. The third kappa shape index (κ3) is 4.61. The minimum atomic E-state index is -0.478. The maximum Gasteiger partial charge on any atom is 0.266 e. The summed E-state index contributed by atoms with van der Waals surface area (Å²) >= 11 is 1.27. The number of aryl methyl sites for hydroxylation is 2. The van der Waals surface area contributed by atoms with Crippen LogP contribution in [0.5, 0.6) is 11.5 Å². The number of aromatic nitrogens is 2. The first-order chi connectivity index (χ1) is 16.9. The molecule has 4 aromatic rings. The van der Waals surface area contributed by atoms with Crippen molar-refractivity contribution in [3.8, 4) is 17.2 Å². The van der Waals surface area contributed by atoms with Crippen molar-refractivity contribution in [1.29, 1.82) is 0 Å². The third-order valence-corrected chi connectivity index (χ3v) is 6.95. The normalized spacial score (nSPS) is 13.1. The molecule has 0 bridgehead atoms. The van der Waals surface area contributed by atoms with Crippen molar-refractivity contribution in [1.82, 2.24) is 14.9 Å². The quantitative estimate of drug-likeness (QED) is 0.318. The fourth-order valence-electron chi connectivity index (χ4n) is 4.06. The van der Waals surface area contributed by atoms with E-state index in [0.717, 1.165) is 22.4 Å². The number of hydrogen-bond acceptors (Lipinski definition) is 6. The van der Waals surface area contributed by atoms with Gasteiger partial charge in [-0.15, -0.1) is 0 Å². The zero-order valence-corrected chi connectivity index (χ0v) is 20.5. The number of carbonyl (C=O) groups excluding carboxylic acids is 1. The summed E-state index contributed by atoms with van der Waals surface area (Å²) in [5.74, 6) is 1.23. The van der Waals surface area contributed by atoms with Crippen LogP contribution in [0.4, 0.5) is 0 Å². The van der Waals surface area contributed by atoms with Crippen molar-refractivity contribution >= 4 is 28.6 Å². The second kappa shape index (κ2) is 9.46. The molecule has 1 aliphatic rings. The van der Waals surface area contributed by atoms with Gasteiger partial charge in [-0.1, -0.05) is 47.7 Å². The van der Waals surface area contributed by atoms with Gasteiger partial charge >= 0.3 is 0 Å². The highest BCUT2D eigenvalue weighted by Gasteiger charge is 2.21. The molecule has 8 heteroatoms. The molecule has 0 spiro atoms. The summed E-state index contributed by atoms with van der Waals surface area (Å²) in [6.45, 7) is 6.36. The number of rotatable bonds is 6. The fourth-order valence-corrected chi connectivity index (χ4v) is 5.00.